The van der Waals surface area contributed by atoms with Crippen molar-refractivity contribution in [3.8, 4) is 17.2 Å². The molecule has 1 amide bonds. The van der Waals surface area contributed by atoms with Gasteiger partial charge < -0.3 is 30.1 Å². The summed E-state index contributed by atoms with van der Waals surface area (Å²) in [5.74, 6) is 0.850. The number of anilines is 6. The first-order valence-electron chi connectivity index (χ1n) is 15.8. The molecule has 6 aromatic rings. The lowest BCUT2D eigenvalue weighted by atomic mass is 10.0. The largest absolute Gasteiger partial charge is 0.506 e. The molecule has 0 unspecified atom stereocenters. The van der Waals surface area contributed by atoms with E-state index in [1.54, 1.807) is 32.4 Å². The quantitative estimate of drug-likeness (QED) is 0.148. The van der Waals surface area contributed by atoms with Crippen molar-refractivity contribution in [2.24, 2.45) is 10.2 Å². The fraction of sp³-hybridized carbons (Fsp3) is 0.125. The zero-order valence-electron chi connectivity index (χ0n) is 27.8. The van der Waals surface area contributed by atoms with E-state index in [-0.39, 0.29) is 11.7 Å². The number of para-hydroxylation sites is 1. The number of carbonyl (C=O) groups excluding carboxylic acids is 1. The van der Waals surface area contributed by atoms with Crippen molar-refractivity contribution >= 4 is 62.2 Å². The summed E-state index contributed by atoms with van der Waals surface area (Å²) in [6.45, 7) is 5.83. The lowest BCUT2D eigenvalue weighted by Gasteiger charge is -2.35. The molecule has 0 spiro atoms. The van der Waals surface area contributed by atoms with Gasteiger partial charge in [-0.1, -0.05) is 48.5 Å². The summed E-state index contributed by atoms with van der Waals surface area (Å²) in [4.78, 5) is 15.8. The van der Waals surface area contributed by atoms with E-state index < -0.39 is 0 Å². The second-order valence-electron chi connectivity index (χ2n) is 12.0. The molecule has 0 aromatic heterocycles. The topological polar surface area (TPSA) is 108 Å². The molecule has 0 bridgehead atoms. The van der Waals surface area contributed by atoms with E-state index in [9.17, 15) is 9.90 Å². The third-order valence-electron chi connectivity index (χ3n) is 8.78. The highest BCUT2D eigenvalue weighted by Gasteiger charge is 2.27. The Kier molecular flexibility index (Phi) is 8.09. The molecule has 1 heterocycles. The number of carbonyl (C=O) groups is 1. The summed E-state index contributed by atoms with van der Waals surface area (Å²) in [5.41, 5.74) is 9.23. The molecule has 0 aliphatic carbocycles. The summed E-state index contributed by atoms with van der Waals surface area (Å²) >= 11 is 0. The van der Waals surface area contributed by atoms with Crippen LogP contribution in [0, 0.1) is 20.8 Å². The van der Waals surface area contributed by atoms with E-state index in [0.717, 1.165) is 55.9 Å². The van der Waals surface area contributed by atoms with Crippen LogP contribution in [0.1, 0.15) is 27.0 Å². The maximum atomic E-state index is 13.7. The van der Waals surface area contributed by atoms with Crippen LogP contribution in [0.2, 0.25) is 0 Å². The number of azo groups is 1. The van der Waals surface area contributed by atoms with Gasteiger partial charge in [0.15, 0.2) is 11.5 Å². The number of hydrogen-bond acceptors (Lipinski definition) is 8. The zero-order valence-corrected chi connectivity index (χ0v) is 27.8. The predicted molar refractivity (Wildman–Crippen MR) is 196 cm³/mol. The summed E-state index contributed by atoms with van der Waals surface area (Å²) in [5, 5.41) is 28.4. The van der Waals surface area contributed by atoms with Crippen LogP contribution in [-0.2, 0) is 0 Å². The van der Waals surface area contributed by atoms with Crippen LogP contribution < -0.4 is 25.0 Å². The highest BCUT2D eigenvalue weighted by molar-refractivity contribution is 6.08. The molecule has 1 aliphatic heterocycles. The maximum Gasteiger partial charge on any atom is 0.256 e. The number of phenolic OH excluding ortho intramolecular Hbond substituents is 1. The highest BCUT2D eigenvalue weighted by Crippen LogP contribution is 2.51. The van der Waals surface area contributed by atoms with E-state index in [0.29, 0.717) is 34.1 Å². The molecular formula is C40H35N5O4. The molecule has 1 aliphatic rings. The van der Waals surface area contributed by atoms with Crippen molar-refractivity contribution < 1.29 is 19.4 Å². The number of benzene rings is 6. The average molecular weight is 650 g/mol. The number of nitrogens with zero attached hydrogens (tertiary/aromatic N) is 3. The molecular weight excluding hydrogens is 614 g/mol. The molecule has 9 heteroatoms. The van der Waals surface area contributed by atoms with Crippen molar-refractivity contribution in [1.29, 1.82) is 0 Å². The minimum Gasteiger partial charge on any atom is -0.506 e. The number of methoxy groups -OCH3 is 2. The van der Waals surface area contributed by atoms with E-state index in [2.05, 4.69) is 31.8 Å². The molecule has 49 heavy (non-hydrogen) atoms. The molecule has 0 atom stereocenters. The molecule has 0 fully saturated rings. The van der Waals surface area contributed by atoms with Gasteiger partial charge in [0.25, 0.3) is 5.91 Å². The summed E-state index contributed by atoms with van der Waals surface area (Å²) in [6, 6.07) is 32.9. The highest BCUT2D eigenvalue weighted by atomic mass is 16.5. The van der Waals surface area contributed by atoms with Gasteiger partial charge in [-0.2, -0.15) is 5.11 Å². The third kappa shape index (κ3) is 5.76. The molecule has 0 saturated carbocycles. The van der Waals surface area contributed by atoms with Crippen LogP contribution in [-0.4, -0.2) is 25.2 Å². The smallest absolute Gasteiger partial charge is 0.256 e. The van der Waals surface area contributed by atoms with Crippen LogP contribution in [0.3, 0.4) is 0 Å². The lowest BCUT2D eigenvalue weighted by Crippen LogP contribution is -2.20. The number of amides is 1. The molecule has 0 radical (unpaired) electrons. The van der Waals surface area contributed by atoms with Crippen molar-refractivity contribution in [2.75, 3.05) is 29.8 Å². The Morgan fingerprint density at radius 3 is 2.16 bits per heavy atom. The van der Waals surface area contributed by atoms with Crippen LogP contribution in [0.25, 0.3) is 10.8 Å². The third-order valence-corrected chi connectivity index (χ3v) is 8.78. The van der Waals surface area contributed by atoms with E-state index in [1.807, 2.05) is 99.6 Å². The number of ether oxygens (including phenoxy) is 2. The van der Waals surface area contributed by atoms with Gasteiger partial charge in [0.1, 0.15) is 11.4 Å². The van der Waals surface area contributed by atoms with Gasteiger partial charge in [-0.05, 0) is 97.4 Å². The number of hydrogen-bond donors (Lipinski definition) is 3. The van der Waals surface area contributed by atoms with Crippen LogP contribution >= 0.6 is 0 Å². The molecule has 0 saturated heterocycles. The SMILES string of the molecule is COc1cc(C)c(C(=O)Nc2cc3c(cc2C)Nc2cc(C)c(N=Nc4c(O)ccc5ccccc45)cc2N3c2ccccc2)cc1OC. The average Bonchev–Trinajstić information content (AvgIpc) is 3.11. The van der Waals surface area contributed by atoms with E-state index in [1.165, 1.54) is 0 Å². The summed E-state index contributed by atoms with van der Waals surface area (Å²) < 4.78 is 10.9. The Labute approximate surface area is 284 Å². The van der Waals surface area contributed by atoms with Crippen LogP contribution in [0.15, 0.2) is 113 Å². The first kappa shape index (κ1) is 31.3. The van der Waals surface area contributed by atoms with Crippen LogP contribution in [0.4, 0.5) is 45.5 Å². The lowest BCUT2D eigenvalue weighted by molar-refractivity contribution is 0.102. The van der Waals surface area contributed by atoms with Gasteiger partial charge in [0.2, 0.25) is 0 Å². The van der Waals surface area contributed by atoms with Crippen molar-refractivity contribution in [3.05, 3.63) is 125 Å². The van der Waals surface area contributed by atoms with Gasteiger partial charge in [-0.25, -0.2) is 0 Å². The van der Waals surface area contributed by atoms with Gasteiger partial charge in [-0.15, -0.1) is 5.11 Å². The van der Waals surface area contributed by atoms with Gasteiger partial charge in [0, 0.05) is 22.3 Å². The molecule has 9 nitrogen and oxygen atoms in total. The molecule has 6 aromatic carbocycles. The summed E-state index contributed by atoms with van der Waals surface area (Å²) in [6.07, 6.45) is 0. The Morgan fingerprint density at radius 2 is 1.41 bits per heavy atom. The molecule has 7 rings (SSSR count). The maximum absolute atomic E-state index is 13.7. The van der Waals surface area contributed by atoms with Gasteiger partial charge >= 0.3 is 0 Å². The van der Waals surface area contributed by atoms with E-state index in [4.69, 9.17) is 9.47 Å². The fourth-order valence-electron chi connectivity index (χ4n) is 6.19. The number of nitrogens with one attached hydrogen (secondary N) is 2. The van der Waals surface area contributed by atoms with Crippen molar-refractivity contribution in [3.63, 3.8) is 0 Å². The number of aromatic hydroxyl groups is 1. The Balaban J connectivity index is 1.30. The summed E-state index contributed by atoms with van der Waals surface area (Å²) in [7, 11) is 3.12. The second-order valence-corrected chi connectivity index (χ2v) is 12.0. The Morgan fingerprint density at radius 1 is 0.735 bits per heavy atom. The second kappa shape index (κ2) is 12.7. The molecule has 3 N–H and O–H groups in total. The predicted octanol–water partition coefficient (Wildman–Crippen LogP) is 10.7. The van der Waals surface area contributed by atoms with Gasteiger partial charge in [0.05, 0.1) is 42.7 Å². The van der Waals surface area contributed by atoms with E-state index >= 15 is 0 Å². The Bertz CT molecular complexity index is 2280. The first-order chi connectivity index (χ1) is 23.7. The zero-order chi connectivity index (χ0) is 34.2. The standard InChI is InChI=1S/C40H35N5O4/c1-23-19-37(48-4)38(49-5)20-29(23)40(47)42-30-21-34-32(17-24(30)2)41-33-18-25(3)31(22-35(33)45(34)27-12-7-6-8-13-27)43-44-39-28-14-10-9-11-26(28)15-16-36(39)46/h6-22,41,46H,1-5H3,(H,42,47). The fourth-order valence-corrected chi connectivity index (χ4v) is 6.19. The number of fused-ring (bicyclic) bond motifs is 3. The Hall–Kier alpha value is -6.35. The first-order valence-corrected chi connectivity index (χ1v) is 15.8. The number of phenols is 1. The van der Waals surface area contributed by atoms with Gasteiger partial charge in [-0.3, -0.25) is 4.79 Å². The minimum absolute atomic E-state index is 0.0628. The van der Waals surface area contributed by atoms with Crippen LogP contribution in [0.5, 0.6) is 17.2 Å². The number of rotatable bonds is 7. The van der Waals surface area contributed by atoms with Crippen molar-refractivity contribution in [2.45, 2.75) is 20.8 Å². The van der Waals surface area contributed by atoms with Crippen molar-refractivity contribution in [1.82, 2.24) is 0 Å². The molecule has 244 valence electrons. The number of aryl methyl sites for hydroxylation is 3. The monoisotopic (exact) mass is 649 g/mol. The minimum atomic E-state index is -0.257. The normalized spacial score (nSPS) is 12.0.